The number of phenolic OH excluding ortho intramolecular Hbond substituents is 1. The SMILES string of the molecule is CCOc1ccc([C@H]2Oc3c(OC)cccc3[C@@H]3CC(c4cc(C)ccc4O)=NN23)cc1OC. The molecule has 0 bridgehead atoms. The van der Waals surface area contributed by atoms with Gasteiger partial charge in [0.05, 0.1) is 32.6 Å². The van der Waals surface area contributed by atoms with Gasteiger partial charge in [-0.05, 0) is 50.2 Å². The van der Waals surface area contributed by atoms with Gasteiger partial charge in [0.1, 0.15) is 5.75 Å². The van der Waals surface area contributed by atoms with Gasteiger partial charge in [0.2, 0.25) is 6.23 Å². The summed E-state index contributed by atoms with van der Waals surface area (Å²) in [5, 5.41) is 17.5. The Morgan fingerprint density at radius 3 is 2.62 bits per heavy atom. The lowest BCUT2D eigenvalue weighted by atomic mass is 9.94. The van der Waals surface area contributed by atoms with Crippen LogP contribution in [0, 0.1) is 6.92 Å². The molecule has 7 nitrogen and oxygen atoms in total. The topological polar surface area (TPSA) is 72.8 Å². The smallest absolute Gasteiger partial charge is 0.214 e. The highest BCUT2D eigenvalue weighted by Crippen LogP contribution is 2.51. The van der Waals surface area contributed by atoms with Crippen molar-refractivity contribution in [3.8, 4) is 28.7 Å². The highest BCUT2D eigenvalue weighted by atomic mass is 16.5. The van der Waals surface area contributed by atoms with Gasteiger partial charge in [-0.15, -0.1) is 0 Å². The van der Waals surface area contributed by atoms with Crippen molar-refractivity contribution in [1.82, 2.24) is 5.01 Å². The molecule has 0 amide bonds. The Morgan fingerprint density at radius 1 is 1.03 bits per heavy atom. The molecule has 0 unspecified atom stereocenters. The van der Waals surface area contributed by atoms with Gasteiger partial charge < -0.3 is 24.1 Å². The van der Waals surface area contributed by atoms with Gasteiger partial charge >= 0.3 is 0 Å². The van der Waals surface area contributed by atoms with Gasteiger partial charge in [0.25, 0.3) is 0 Å². The molecule has 0 radical (unpaired) electrons. The molecule has 176 valence electrons. The van der Waals surface area contributed by atoms with Gasteiger partial charge in [-0.3, -0.25) is 0 Å². The Kier molecular flexibility index (Phi) is 5.69. The minimum Gasteiger partial charge on any atom is -0.507 e. The van der Waals surface area contributed by atoms with Crippen molar-refractivity contribution in [2.24, 2.45) is 5.10 Å². The number of para-hydroxylation sites is 1. The third-order valence-electron chi connectivity index (χ3n) is 6.24. The lowest BCUT2D eigenvalue weighted by Gasteiger charge is -2.38. The lowest BCUT2D eigenvalue weighted by molar-refractivity contribution is -0.0210. The Bertz CT molecular complexity index is 1260. The van der Waals surface area contributed by atoms with E-state index < -0.39 is 6.23 Å². The van der Waals surface area contributed by atoms with Gasteiger partial charge in [-0.1, -0.05) is 23.8 Å². The van der Waals surface area contributed by atoms with Crippen LogP contribution >= 0.6 is 0 Å². The standard InChI is InChI=1S/C27H28N2O5/c1-5-33-23-12-10-17(14-25(23)32-4)27-29-21(18-7-6-8-24(31-3)26(18)34-27)15-20(28-29)19-13-16(2)9-11-22(19)30/h6-14,21,27,30H,5,15H2,1-4H3/t21-,27+/m0/s1. The number of aromatic hydroxyl groups is 1. The van der Waals surface area contributed by atoms with Crippen LogP contribution in [0.3, 0.4) is 0 Å². The zero-order chi connectivity index (χ0) is 23.8. The first-order valence-corrected chi connectivity index (χ1v) is 11.3. The number of phenols is 1. The molecule has 0 spiro atoms. The van der Waals surface area contributed by atoms with Crippen LogP contribution in [-0.2, 0) is 0 Å². The molecule has 2 atom stereocenters. The number of aryl methyl sites for hydroxylation is 1. The van der Waals surface area contributed by atoms with E-state index in [1.54, 1.807) is 20.3 Å². The van der Waals surface area contributed by atoms with Crippen LogP contribution in [0.15, 0.2) is 59.7 Å². The van der Waals surface area contributed by atoms with E-state index >= 15 is 0 Å². The molecule has 5 rings (SSSR count). The summed E-state index contributed by atoms with van der Waals surface area (Å²) in [6.45, 7) is 4.48. The molecule has 2 heterocycles. The lowest BCUT2D eigenvalue weighted by Crippen LogP contribution is -2.33. The van der Waals surface area contributed by atoms with Crippen LogP contribution < -0.4 is 18.9 Å². The summed E-state index contributed by atoms with van der Waals surface area (Å²) in [5.74, 6) is 2.90. The zero-order valence-corrected chi connectivity index (χ0v) is 19.7. The normalized spacial score (nSPS) is 18.5. The molecule has 2 aliphatic rings. The Labute approximate surface area is 199 Å². The minimum absolute atomic E-state index is 0.0728. The van der Waals surface area contributed by atoms with Crippen LogP contribution in [0.5, 0.6) is 28.7 Å². The minimum atomic E-state index is -0.511. The third kappa shape index (κ3) is 3.67. The summed E-state index contributed by atoms with van der Waals surface area (Å²) in [6.07, 6.45) is 0.119. The summed E-state index contributed by atoms with van der Waals surface area (Å²) in [4.78, 5) is 0. The fourth-order valence-electron chi connectivity index (χ4n) is 4.62. The largest absolute Gasteiger partial charge is 0.507 e. The molecule has 0 aliphatic carbocycles. The van der Waals surface area contributed by atoms with E-state index in [1.807, 2.05) is 67.4 Å². The highest BCUT2D eigenvalue weighted by Gasteiger charge is 2.42. The van der Waals surface area contributed by atoms with Crippen LogP contribution in [-0.4, -0.2) is 36.7 Å². The summed E-state index contributed by atoms with van der Waals surface area (Å²) in [7, 11) is 3.26. The average Bonchev–Trinajstić information content (AvgIpc) is 3.30. The fraction of sp³-hybridized carbons (Fsp3) is 0.296. The number of fused-ring (bicyclic) bond motifs is 3. The molecular formula is C27H28N2O5. The van der Waals surface area contributed by atoms with Gasteiger partial charge in [-0.25, -0.2) is 5.01 Å². The van der Waals surface area contributed by atoms with Crippen molar-refractivity contribution in [1.29, 1.82) is 0 Å². The first kappa shape index (κ1) is 21.9. The van der Waals surface area contributed by atoms with Crippen molar-refractivity contribution >= 4 is 5.71 Å². The predicted molar refractivity (Wildman–Crippen MR) is 129 cm³/mol. The van der Waals surface area contributed by atoms with E-state index in [0.29, 0.717) is 36.0 Å². The Hall–Kier alpha value is -3.87. The molecule has 3 aromatic rings. The van der Waals surface area contributed by atoms with Gasteiger partial charge in [0.15, 0.2) is 23.0 Å². The van der Waals surface area contributed by atoms with Crippen molar-refractivity contribution in [3.05, 3.63) is 76.9 Å². The Morgan fingerprint density at radius 2 is 1.85 bits per heavy atom. The highest BCUT2D eigenvalue weighted by molar-refractivity contribution is 6.04. The second-order valence-electron chi connectivity index (χ2n) is 8.36. The van der Waals surface area contributed by atoms with E-state index in [2.05, 4.69) is 0 Å². The molecule has 0 saturated carbocycles. The Balaban J connectivity index is 1.62. The predicted octanol–water partition coefficient (Wildman–Crippen LogP) is 5.36. The maximum atomic E-state index is 10.6. The number of ether oxygens (including phenoxy) is 4. The molecule has 34 heavy (non-hydrogen) atoms. The van der Waals surface area contributed by atoms with E-state index in [4.69, 9.17) is 24.0 Å². The van der Waals surface area contributed by atoms with Crippen LogP contribution in [0.25, 0.3) is 0 Å². The molecule has 0 saturated heterocycles. The van der Waals surface area contributed by atoms with Crippen molar-refractivity contribution < 1.29 is 24.1 Å². The second-order valence-corrected chi connectivity index (χ2v) is 8.36. The van der Waals surface area contributed by atoms with Crippen molar-refractivity contribution in [2.45, 2.75) is 32.5 Å². The van der Waals surface area contributed by atoms with Gasteiger partial charge in [0, 0.05) is 23.1 Å². The van der Waals surface area contributed by atoms with Gasteiger partial charge in [-0.2, -0.15) is 5.10 Å². The molecular weight excluding hydrogens is 432 g/mol. The monoisotopic (exact) mass is 460 g/mol. The molecule has 2 aliphatic heterocycles. The molecule has 0 fully saturated rings. The van der Waals surface area contributed by atoms with E-state index in [1.165, 1.54) is 0 Å². The number of benzene rings is 3. The number of methoxy groups -OCH3 is 2. The maximum Gasteiger partial charge on any atom is 0.214 e. The summed E-state index contributed by atoms with van der Waals surface area (Å²) in [5.41, 5.74) is 4.49. The van der Waals surface area contributed by atoms with E-state index in [0.717, 1.165) is 28.0 Å². The quantitative estimate of drug-likeness (QED) is 0.534. The average molecular weight is 461 g/mol. The number of hydrazone groups is 1. The van der Waals surface area contributed by atoms with Crippen LogP contribution in [0.2, 0.25) is 0 Å². The first-order valence-electron chi connectivity index (χ1n) is 11.3. The summed E-state index contributed by atoms with van der Waals surface area (Å²) < 4.78 is 23.4. The van der Waals surface area contributed by atoms with Crippen LogP contribution in [0.1, 0.15) is 47.9 Å². The van der Waals surface area contributed by atoms with Crippen molar-refractivity contribution in [3.63, 3.8) is 0 Å². The molecule has 3 aromatic carbocycles. The molecule has 0 aromatic heterocycles. The number of nitrogens with zero attached hydrogens (tertiary/aromatic N) is 2. The molecule has 1 N–H and O–H groups in total. The zero-order valence-electron chi connectivity index (χ0n) is 19.7. The summed E-state index contributed by atoms with van der Waals surface area (Å²) in [6, 6.07) is 17.2. The van der Waals surface area contributed by atoms with E-state index in [-0.39, 0.29) is 11.8 Å². The number of rotatable bonds is 6. The molecule has 7 heteroatoms. The summed E-state index contributed by atoms with van der Waals surface area (Å²) >= 11 is 0. The second kappa shape index (κ2) is 8.82. The van der Waals surface area contributed by atoms with E-state index in [9.17, 15) is 5.11 Å². The van der Waals surface area contributed by atoms with Crippen LogP contribution in [0.4, 0.5) is 0 Å². The third-order valence-corrected chi connectivity index (χ3v) is 6.24. The number of hydrogen-bond donors (Lipinski definition) is 1. The van der Waals surface area contributed by atoms with Crippen molar-refractivity contribution in [2.75, 3.05) is 20.8 Å². The fourth-order valence-corrected chi connectivity index (χ4v) is 4.62. The number of hydrogen-bond acceptors (Lipinski definition) is 7. The maximum absolute atomic E-state index is 10.6. The first-order chi connectivity index (χ1) is 16.5.